The normalized spacial score (nSPS) is 13.5. The van der Waals surface area contributed by atoms with Gasteiger partial charge in [-0.2, -0.15) is 10.2 Å². The molecule has 0 spiro atoms. The van der Waals surface area contributed by atoms with Crippen LogP contribution in [0.3, 0.4) is 0 Å². The number of carbonyl (C=O) groups excluding carboxylic acids is 1. The second-order valence-electron chi connectivity index (χ2n) is 2.77. The maximum Gasteiger partial charge on any atom is 0.150 e. The van der Waals surface area contributed by atoms with Crippen molar-refractivity contribution in [2.45, 2.75) is 6.42 Å². The van der Waals surface area contributed by atoms with Crippen LogP contribution in [0.5, 0.6) is 0 Å². The molecule has 0 aliphatic carbocycles. The summed E-state index contributed by atoms with van der Waals surface area (Å²) in [4.78, 5) is 10.5. The highest BCUT2D eigenvalue weighted by molar-refractivity contribution is 5.75. The average molecular weight is 172 g/mol. The molecule has 1 aromatic rings. The molecule has 0 saturated heterocycles. The number of nitrogens with zero attached hydrogens (tertiary/aromatic N) is 2. The first-order valence-electron chi connectivity index (χ1n) is 4.05. The molecule has 0 fully saturated rings. The van der Waals surface area contributed by atoms with Gasteiger partial charge in [0.25, 0.3) is 0 Å². The summed E-state index contributed by atoms with van der Waals surface area (Å²) in [5.41, 5.74) is 0.673. The van der Waals surface area contributed by atoms with Crippen LogP contribution < -0.4 is 10.6 Å². The number of carbonyl (C=O) groups is 1. The van der Waals surface area contributed by atoms with Gasteiger partial charge in [0.1, 0.15) is 6.29 Å². The summed E-state index contributed by atoms with van der Waals surface area (Å²) >= 11 is 0. The number of hydrogen-bond acceptors (Lipinski definition) is 3. The molecule has 0 unspecified atom stereocenters. The maximum absolute atomic E-state index is 10.5. The van der Waals surface area contributed by atoms with Gasteiger partial charge < -0.3 is 0 Å². The van der Waals surface area contributed by atoms with Crippen molar-refractivity contribution in [2.24, 2.45) is 10.2 Å². The molecular formula is C10H8N2O. The van der Waals surface area contributed by atoms with Crippen molar-refractivity contribution in [3.63, 3.8) is 0 Å². The van der Waals surface area contributed by atoms with Crippen molar-refractivity contribution >= 4 is 18.6 Å². The summed E-state index contributed by atoms with van der Waals surface area (Å²) < 4.78 is 0. The largest absolute Gasteiger partial charge is 0.298 e. The first kappa shape index (κ1) is 7.86. The fourth-order valence-corrected chi connectivity index (χ4v) is 1.23. The van der Waals surface area contributed by atoms with E-state index in [4.69, 9.17) is 0 Å². The number of benzene rings is 1. The van der Waals surface area contributed by atoms with Crippen molar-refractivity contribution in [3.05, 3.63) is 34.3 Å². The van der Waals surface area contributed by atoms with Crippen LogP contribution in [0.25, 0.3) is 6.08 Å². The summed E-state index contributed by atoms with van der Waals surface area (Å²) in [5, 5.41) is 9.63. The standard InChI is InChI=1S/C10H8N2O/c13-7-8-3-4-10-9(6-8)2-1-5-11-12-10/h2-7H,1H2. The first-order chi connectivity index (χ1) is 6.40. The van der Waals surface area contributed by atoms with E-state index in [1.54, 1.807) is 18.3 Å². The van der Waals surface area contributed by atoms with Gasteiger partial charge in [-0.3, -0.25) is 4.79 Å². The minimum Gasteiger partial charge on any atom is -0.298 e. The molecule has 0 bridgehead atoms. The van der Waals surface area contributed by atoms with Crippen molar-refractivity contribution in [1.29, 1.82) is 0 Å². The van der Waals surface area contributed by atoms with Gasteiger partial charge >= 0.3 is 0 Å². The Labute approximate surface area is 75.1 Å². The summed E-state index contributed by atoms with van der Waals surface area (Å²) in [6.07, 6.45) is 5.33. The molecule has 0 N–H and O–H groups in total. The van der Waals surface area contributed by atoms with Gasteiger partial charge in [-0.05, 0) is 23.4 Å². The van der Waals surface area contributed by atoms with E-state index in [9.17, 15) is 4.79 Å². The number of rotatable bonds is 1. The fourth-order valence-electron chi connectivity index (χ4n) is 1.23. The van der Waals surface area contributed by atoms with Gasteiger partial charge in [-0.15, -0.1) is 0 Å². The van der Waals surface area contributed by atoms with Crippen LogP contribution in [0.2, 0.25) is 0 Å². The van der Waals surface area contributed by atoms with E-state index in [0.717, 1.165) is 23.3 Å². The highest BCUT2D eigenvalue weighted by atomic mass is 16.1. The third-order valence-electron chi connectivity index (χ3n) is 1.88. The molecule has 1 aromatic carbocycles. The highest BCUT2D eigenvalue weighted by Crippen LogP contribution is 1.88. The predicted octanol–water partition coefficient (Wildman–Crippen LogP) is 0.289. The Morgan fingerprint density at radius 2 is 2.31 bits per heavy atom. The first-order valence-corrected chi connectivity index (χ1v) is 4.05. The lowest BCUT2D eigenvalue weighted by molar-refractivity contribution is 0.112. The minimum absolute atomic E-state index is 0.673. The minimum atomic E-state index is 0.673. The monoisotopic (exact) mass is 172 g/mol. The molecule has 1 aliphatic heterocycles. The Morgan fingerprint density at radius 1 is 1.38 bits per heavy atom. The number of aldehydes is 1. The van der Waals surface area contributed by atoms with Crippen LogP contribution in [-0.2, 0) is 0 Å². The quantitative estimate of drug-likeness (QED) is 0.561. The molecule has 1 aliphatic rings. The van der Waals surface area contributed by atoms with Gasteiger partial charge in [-0.1, -0.05) is 6.08 Å². The zero-order chi connectivity index (χ0) is 9.10. The Bertz CT molecular complexity index is 474. The molecule has 0 amide bonds. The van der Waals surface area contributed by atoms with E-state index >= 15 is 0 Å². The lowest BCUT2D eigenvalue weighted by Gasteiger charge is -1.89. The molecule has 0 radical (unpaired) electrons. The van der Waals surface area contributed by atoms with Gasteiger partial charge in [0, 0.05) is 18.2 Å². The molecule has 2 rings (SSSR count). The molecule has 3 heteroatoms. The molecule has 3 nitrogen and oxygen atoms in total. The van der Waals surface area contributed by atoms with E-state index in [-0.39, 0.29) is 0 Å². The third kappa shape index (κ3) is 1.54. The molecule has 1 heterocycles. The zero-order valence-electron chi connectivity index (χ0n) is 6.97. The van der Waals surface area contributed by atoms with Crippen LogP contribution in [0.4, 0.5) is 0 Å². The Hall–Kier alpha value is -1.77. The second kappa shape index (κ2) is 3.31. The van der Waals surface area contributed by atoms with E-state index in [1.807, 2.05) is 12.1 Å². The van der Waals surface area contributed by atoms with Gasteiger partial charge in [0.05, 0.1) is 5.36 Å². The van der Waals surface area contributed by atoms with Crippen LogP contribution in [0.15, 0.2) is 28.4 Å². The topological polar surface area (TPSA) is 41.8 Å². The van der Waals surface area contributed by atoms with Crippen molar-refractivity contribution < 1.29 is 4.79 Å². The number of hydrogen-bond donors (Lipinski definition) is 0. The molecule has 0 atom stereocenters. The third-order valence-corrected chi connectivity index (χ3v) is 1.88. The maximum atomic E-state index is 10.5. The van der Waals surface area contributed by atoms with Crippen molar-refractivity contribution in [2.75, 3.05) is 0 Å². The highest BCUT2D eigenvalue weighted by Gasteiger charge is 1.93. The predicted molar refractivity (Wildman–Crippen MR) is 50.2 cm³/mol. The fraction of sp³-hybridized carbons (Fsp3) is 0.100. The lowest BCUT2D eigenvalue weighted by atomic mass is 10.2. The van der Waals surface area contributed by atoms with Crippen LogP contribution in [0, 0.1) is 0 Å². The average Bonchev–Trinajstić information content (AvgIpc) is 2.41. The Balaban J connectivity index is 2.73. The van der Waals surface area contributed by atoms with Crippen LogP contribution >= 0.6 is 0 Å². The van der Waals surface area contributed by atoms with Crippen molar-refractivity contribution in [1.82, 2.24) is 0 Å². The van der Waals surface area contributed by atoms with Crippen LogP contribution in [-0.4, -0.2) is 12.5 Å². The summed E-state index contributed by atoms with van der Waals surface area (Å²) in [6, 6.07) is 5.36. The summed E-state index contributed by atoms with van der Waals surface area (Å²) in [6.45, 7) is 0. The van der Waals surface area contributed by atoms with E-state index in [2.05, 4.69) is 10.2 Å². The van der Waals surface area contributed by atoms with Gasteiger partial charge in [0.15, 0.2) is 0 Å². The second-order valence-corrected chi connectivity index (χ2v) is 2.77. The van der Waals surface area contributed by atoms with Crippen molar-refractivity contribution in [3.8, 4) is 0 Å². The summed E-state index contributed by atoms with van der Waals surface area (Å²) in [5.74, 6) is 0. The van der Waals surface area contributed by atoms with Gasteiger partial charge in [0.2, 0.25) is 0 Å². The number of fused-ring (bicyclic) bond motifs is 1. The molecule has 0 aromatic heterocycles. The van der Waals surface area contributed by atoms with E-state index < -0.39 is 0 Å². The lowest BCUT2D eigenvalue weighted by Crippen LogP contribution is -2.24. The molecular weight excluding hydrogens is 164 g/mol. The van der Waals surface area contributed by atoms with E-state index in [0.29, 0.717) is 5.56 Å². The molecule has 64 valence electrons. The summed E-state index contributed by atoms with van der Waals surface area (Å²) in [7, 11) is 0. The van der Waals surface area contributed by atoms with Gasteiger partial charge in [-0.25, -0.2) is 0 Å². The van der Waals surface area contributed by atoms with Crippen LogP contribution in [0.1, 0.15) is 16.8 Å². The Kier molecular flexibility index (Phi) is 2.00. The molecule has 13 heavy (non-hydrogen) atoms. The smallest absolute Gasteiger partial charge is 0.150 e. The SMILES string of the molecule is O=Cc1ccc2c(c1)=CCC=NN=2. The zero-order valence-corrected chi connectivity index (χ0v) is 6.97. The molecule has 0 saturated carbocycles. The Morgan fingerprint density at radius 3 is 3.15 bits per heavy atom. The van der Waals surface area contributed by atoms with E-state index in [1.165, 1.54) is 0 Å².